The van der Waals surface area contributed by atoms with Gasteiger partial charge in [-0.05, 0) is 32.1 Å². The Morgan fingerprint density at radius 1 is 1.19 bits per heavy atom. The number of carboxylic acids is 1. The average Bonchev–Trinajstić information content (AvgIpc) is 2.88. The van der Waals surface area contributed by atoms with Crippen LogP contribution in [-0.2, 0) is 9.59 Å². The predicted octanol–water partition coefficient (Wildman–Crippen LogP) is 3.58. The molecule has 0 spiro atoms. The smallest absolute Gasteiger partial charge is 0.303 e. The van der Waals surface area contributed by atoms with Crippen LogP contribution in [-0.4, -0.2) is 39.3 Å². The number of rotatable bonds is 12. The van der Waals surface area contributed by atoms with Gasteiger partial charge in [0, 0.05) is 24.7 Å². The van der Waals surface area contributed by atoms with E-state index in [0.717, 1.165) is 12.8 Å². The summed E-state index contributed by atoms with van der Waals surface area (Å²) >= 11 is 0. The van der Waals surface area contributed by atoms with Crippen LogP contribution in [0.2, 0.25) is 0 Å². The summed E-state index contributed by atoms with van der Waals surface area (Å²) in [6.07, 6.45) is 17.1. The zero-order valence-electron chi connectivity index (χ0n) is 16.0. The molecule has 0 aromatic heterocycles. The van der Waals surface area contributed by atoms with Gasteiger partial charge in [0.2, 0.25) is 0 Å². The number of Topliss-reactive ketones (excluding diaryl/α,β-unsaturated/α-hetero) is 1. The normalized spacial score (nSPS) is 24.9. The Balaban J connectivity index is 2.50. The molecule has 1 saturated carbocycles. The minimum Gasteiger partial charge on any atom is -0.481 e. The van der Waals surface area contributed by atoms with E-state index in [1.165, 1.54) is 0 Å². The van der Waals surface area contributed by atoms with Crippen LogP contribution in [0, 0.1) is 11.8 Å². The molecule has 150 valence electrons. The maximum atomic E-state index is 12.1. The molecule has 0 aromatic rings. The van der Waals surface area contributed by atoms with Crippen molar-refractivity contribution in [2.75, 3.05) is 0 Å². The van der Waals surface area contributed by atoms with Crippen LogP contribution < -0.4 is 0 Å². The minimum absolute atomic E-state index is 0.0638. The monoisotopic (exact) mass is 376 g/mol. The molecular weight excluding hydrogens is 344 g/mol. The molecule has 0 aromatic carbocycles. The first-order valence-electron chi connectivity index (χ1n) is 9.69. The molecule has 0 saturated heterocycles. The molecule has 0 heterocycles. The number of hydrogen-bond donors (Lipinski definition) is 3. The summed E-state index contributed by atoms with van der Waals surface area (Å²) in [5.74, 6) is -1.31. The summed E-state index contributed by atoms with van der Waals surface area (Å²) in [7, 11) is 0. The third-order valence-corrected chi connectivity index (χ3v) is 4.59. The predicted molar refractivity (Wildman–Crippen MR) is 106 cm³/mol. The Bertz CT molecular complexity index is 573. The van der Waals surface area contributed by atoms with Crippen molar-refractivity contribution in [2.45, 2.75) is 64.1 Å². The summed E-state index contributed by atoms with van der Waals surface area (Å²) in [6.45, 7) is 2.08. The fraction of sp³-hybridized carbons (Fsp3) is 0.545. The van der Waals surface area contributed by atoms with Crippen LogP contribution in [0.4, 0.5) is 0 Å². The highest BCUT2D eigenvalue weighted by Gasteiger charge is 2.39. The molecule has 0 unspecified atom stereocenters. The highest BCUT2D eigenvalue weighted by Crippen LogP contribution is 2.33. The van der Waals surface area contributed by atoms with Crippen molar-refractivity contribution in [1.29, 1.82) is 0 Å². The molecule has 0 radical (unpaired) electrons. The van der Waals surface area contributed by atoms with Crippen molar-refractivity contribution in [3.05, 3.63) is 48.6 Å². The molecule has 5 heteroatoms. The van der Waals surface area contributed by atoms with Gasteiger partial charge in [0.15, 0.2) is 0 Å². The number of aliphatic carboxylic acids is 1. The summed E-state index contributed by atoms with van der Waals surface area (Å²) in [5, 5.41) is 28.7. The first-order valence-corrected chi connectivity index (χ1v) is 9.69. The molecule has 0 bridgehead atoms. The summed E-state index contributed by atoms with van der Waals surface area (Å²) in [5.41, 5.74) is 0. The first kappa shape index (κ1) is 23.1. The molecule has 0 aliphatic heterocycles. The quantitative estimate of drug-likeness (QED) is 0.453. The van der Waals surface area contributed by atoms with Crippen LogP contribution >= 0.6 is 0 Å². The van der Waals surface area contributed by atoms with Gasteiger partial charge in [0.05, 0.1) is 12.2 Å². The maximum Gasteiger partial charge on any atom is 0.303 e. The lowest BCUT2D eigenvalue weighted by atomic mass is 9.90. The SMILES string of the molecule is CC/C=C\C/C=C\C[C@H]1C(=O)C[C@@H](O)[C@@H]1/C=C/[C@H](O)C/C=C\CCC(=O)O. The van der Waals surface area contributed by atoms with E-state index < -0.39 is 18.2 Å². The lowest BCUT2D eigenvalue weighted by Crippen LogP contribution is -2.18. The minimum atomic E-state index is -0.846. The molecule has 0 amide bonds. The topological polar surface area (TPSA) is 94.8 Å². The Morgan fingerprint density at radius 2 is 1.93 bits per heavy atom. The second-order valence-corrected chi connectivity index (χ2v) is 6.84. The van der Waals surface area contributed by atoms with E-state index in [1.807, 2.05) is 12.2 Å². The van der Waals surface area contributed by atoms with Gasteiger partial charge < -0.3 is 15.3 Å². The number of carbonyl (C=O) groups is 2. The molecule has 4 atom stereocenters. The van der Waals surface area contributed by atoms with Gasteiger partial charge in [-0.25, -0.2) is 0 Å². The van der Waals surface area contributed by atoms with Gasteiger partial charge in [-0.2, -0.15) is 0 Å². The zero-order valence-corrected chi connectivity index (χ0v) is 16.0. The van der Waals surface area contributed by atoms with Crippen LogP contribution in [0.3, 0.4) is 0 Å². The Hall–Kier alpha value is -1.98. The zero-order chi connectivity index (χ0) is 20.1. The van der Waals surface area contributed by atoms with E-state index in [4.69, 9.17) is 5.11 Å². The van der Waals surface area contributed by atoms with E-state index in [0.29, 0.717) is 19.3 Å². The van der Waals surface area contributed by atoms with Gasteiger partial charge in [0.25, 0.3) is 0 Å². The number of allylic oxidation sites excluding steroid dienone is 5. The first-order chi connectivity index (χ1) is 13.0. The van der Waals surface area contributed by atoms with Gasteiger partial charge in [0.1, 0.15) is 5.78 Å². The largest absolute Gasteiger partial charge is 0.481 e. The number of aliphatic hydroxyl groups is 2. The Kier molecular flexibility index (Phi) is 11.3. The highest BCUT2D eigenvalue weighted by molar-refractivity contribution is 5.84. The van der Waals surface area contributed by atoms with Gasteiger partial charge in [-0.15, -0.1) is 0 Å². The average molecular weight is 376 g/mol. The number of ketones is 1. The van der Waals surface area contributed by atoms with E-state index in [1.54, 1.807) is 24.3 Å². The number of carbonyl (C=O) groups excluding carboxylic acids is 1. The summed E-state index contributed by atoms with van der Waals surface area (Å²) in [4.78, 5) is 22.6. The van der Waals surface area contributed by atoms with Crippen molar-refractivity contribution in [3.63, 3.8) is 0 Å². The molecule has 1 aliphatic carbocycles. The fourth-order valence-corrected chi connectivity index (χ4v) is 3.10. The lowest BCUT2D eigenvalue weighted by Gasteiger charge is -2.16. The Morgan fingerprint density at radius 3 is 2.63 bits per heavy atom. The molecule has 27 heavy (non-hydrogen) atoms. The lowest BCUT2D eigenvalue weighted by molar-refractivity contribution is -0.136. The molecular formula is C22H32O5. The fourth-order valence-electron chi connectivity index (χ4n) is 3.10. The van der Waals surface area contributed by atoms with Crippen molar-refractivity contribution < 1.29 is 24.9 Å². The van der Waals surface area contributed by atoms with Crippen LogP contribution in [0.1, 0.15) is 51.9 Å². The van der Waals surface area contributed by atoms with Gasteiger partial charge >= 0.3 is 5.97 Å². The van der Waals surface area contributed by atoms with E-state index in [9.17, 15) is 19.8 Å². The van der Waals surface area contributed by atoms with Crippen LogP contribution in [0.25, 0.3) is 0 Å². The maximum absolute atomic E-state index is 12.1. The molecule has 1 fully saturated rings. The summed E-state index contributed by atoms with van der Waals surface area (Å²) < 4.78 is 0. The Labute approximate surface area is 161 Å². The number of aliphatic hydroxyl groups excluding tert-OH is 2. The number of carboxylic acid groups (broad SMARTS) is 1. The van der Waals surface area contributed by atoms with Crippen molar-refractivity contribution >= 4 is 11.8 Å². The second-order valence-electron chi connectivity index (χ2n) is 6.84. The third-order valence-electron chi connectivity index (χ3n) is 4.59. The third kappa shape index (κ3) is 9.50. The van der Waals surface area contributed by atoms with Crippen molar-refractivity contribution in [1.82, 2.24) is 0 Å². The second kappa shape index (κ2) is 13.2. The molecule has 5 nitrogen and oxygen atoms in total. The van der Waals surface area contributed by atoms with Gasteiger partial charge in [-0.3, -0.25) is 9.59 Å². The molecule has 3 N–H and O–H groups in total. The highest BCUT2D eigenvalue weighted by atomic mass is 16.4. The molecule has 1 rings (SSSR count). The van der Waals surface area contributed by atoms with Crippen molar-refractivity contribution in [3.8, 4) is 0 Å². The van der Waals surface area contributed by atoms with E-state index in [2.05, 4.69) is 19.1 Å². The van der Waals surface area contributed by atoms with Crippen LogP contribution in [0.15, 0.2) is 48.6 Å². The van der Waals surface area contributed by atoms with E-state index in [-0.39, 0.29) is 30.5 Å². The summed E-state index contributed by atoms with van der Waals surface area (Å²) in [6, 6.07) is 0. The van der Waals surface area contributed by atoms with Gasteiger partial charge in [-0.1, -0.05) is 55.5 Å². The molecule has 1 aliphatic rings. The number of hydrogen-bond acceptors (Lipinski definition) is 4. The van der Waals surface area contributed by atoms with Crippen LogP contribution in [0.5, 0.6) is 0 Å². The van der Waals surface area contributed by atoms with Crippen molar-refractivity contribution in [2.24, 2.45) is 11.8 Å². The van der Waals surface area contributed by atoms with E-state index >= 15 is 0 Å². The standard InChI is InChI=1S/C22H32O5/c1-2-3-4-5-6-9-12-18-19(21(25)16-20(18)24)15-14-17(23)11-8-7-10-13-22(26)27/h3-4,6-9,14-15,17-19,21,23,25H,2,5,10-13,16H2,1H3,(H,26,27)/b4-3-,8-7-,9-6-,15-14+/t17-,18-,19-,21-/m1/s1.